The summed E-state index contributed by atoms with van der Waals surface area (Å²) in [5.74, 6) is 0.699. The predicted molar refractivity (Wildman–Crippen MR) is 78.2 cm³/mol. The molecule has 2 heterocycles. The zero-order valence-corrected chi connectivity index (χ0v) is 12.0. The largest absolute Gasteiger partial charge is 0.372 e. The van der Waals surface area contributed by atoms with Gasteiger partial charge in [0.25, 0.3) is 0 Å². The van der Waals surface area contributed by atoms with Crippen LogP contribution >= 0.6 is 0 Å². The van der Waals surface area contributed by atoms with Gasteiger partial charge in [0, 0.05) is 30.5 Å². The highest BCUT2D eigenvalue weighted by atomic mass is 16.5. The van der Waals surface area contributed by atoms with Crippen molar-refractivity contribution in [2.45, 2.75) is 20.0 Å². The Labute approximate surface area is 123 Å². The maximum atomic E-state index is 12.0. The van der Waals surface area contributed by atoms with Crippen LogP contribution in [0.2, 0.25) is 0 Å². The summed E-state index contributed by atoms with van der Waals surface area (Å²) in [7, 11) is 0. The van der Waals surface area contributed by atoms with Crippen LogP contribution in [0.25, 0.3) is 11.4 Å². The molecule has 5 nitrogen and oxygen atoms in total. The second-order valence-electron chi connectivity index (χ2n) is 4.92. The molecule has 1 aliphatic heterocycles. The van der Waals surface area contributed by atoms with E-state index in [1.807, 2.05) is 43.5 Å². The maximum absolute atomic E-state index is 12.0. The minimum Gasteiger partial charge on any atom is -0.372 e. The predicted octanol–water partition coefficient (Wildman–Crippen LogP) is 2.02. The third-order valence-electron chi connectivity index (χ3n) is 3.47. The molecule has 0 spiro atoms. The molecule has 0 N–H and O–H groups in total. The molecule has 0 saturated heterocycles. The number of aromatic nitrogens is 2. The number of benzene rings is 1. The first-order chi connectivity index (χ1) is 10.3. The van der Waals surface area contributed by atoms with Crippen LogP contribution < -0.4 is 0 Å². The molecule has 0 fully saturated rings. The van der Waals surface area contributed by atoms with Crippen molar-refractivity contribution in [3.05, 3.63) is 47.8 Å². The summed E-state index contributed by atoms with van der Waals surface area (Å²) < 4.78 is 5.17. The average Bonchev–Trinajstić information content (AvgIpc) is 2.96. The van der Waals surface area contributed by atoms with Crippen LogP contribution in [0.1, 0.15) is 18.2 Å². The first-order valence-corrected chi connectivity index (χ1v) is 7.03. The summed E-state index contributed by atoms with van der Waals surface area (Å²) in [5.41, 5.74) is 2.92. The number of ether oxygens (including phenoxy) is 1. The molecular formula is C16H17N3O2. The fourth-order valence-electron chi connectivity index (χ4n) is 2.34. The van der Waals surface area contributed by atoms with Crippen molar-refractivity contribution in [3.8, 4) is 11.4 Å². The summed E-state index contributed by atoms with van der Waals surface area (Å²) in [6, 6.07) is 9.85. The van der Waals surface area contributed by atoms with E-state index in [1.54, 1.807) is 4.90 Å². The van der Waals surface area contributed by atoms with Crippen molar-refractivity contribution in [1.82, 2.24) is 14.9 Å². The van der Waals surface area contributed by atoms with Crippen LogP contribution in [0, 0.1) is 0 Å². The fourth-order valence-corrected chi connectivity index (χ4v) is 2.34. The number of carbonyl (C=O) groups excluding carboxylic acids is 1. The van der Waals surface area contributed by atoms with Gasteiger partial charge in [-0.3, -0.25) is 4.79 Å². The molecule has 1 amide bonds. The van der Waals surface area contributed by atoms with Crippen molar-refractivity contribution in [3.63, 3.8) is 0 Å². The third-order valence-corrected chi connectivity index (χ3v) is 3.47. The number of fused-ring (bicyclic) bond motifs is 1. The fraction of sp³-hybridized carbons (Fsp3) is 0.312. The Kier molecular flexibility index (Phi) is 3.92. The van der Waals surface area contributed by atoms with Gasteiger partial charge >= 0.3 is 0 Å². The molecule has 3 rings (SSSR count). The zero-order chi connectivity index (χ0) is 14.7. The second-order valence-corrected chi connectivity index (χ2v) is 4.92. The molecule has 21 heavy (non-hydrogen) atoms. The van der Waals surface area contributed by atoms with Gasteiger partial charge in [-0.1, -0.05) is 30.3 Å². The van der Waals surface area contributed by atoms with Crippen LogP contribution in [0.3, 0.4) is 0 Å². The van der Waals surface area contributed by atoms with E-state index < -0.39 is 0 Å². The Morgan fingerprint density at radius 1 is 1.29 bits per heavy atom. The van der Waals surface area contributed by atoms with Gasteiger partial charge in [0.1, 0.15) is 6.61 Å². The van der Waals surface area contributed by atoms with E-state index in [0.29, 0.717) is 25.5 Å². The Hall–Kier alpha value is -2.27. The molecule has 1 aromatic heterocycles. The van der Waals surface area contributed by atoms with E-state index in [9.17, 15) is 4.79 Å². The van der Waals surface area contributed by atoms with Gasteiger partial charge in [-0.15, -0.1) is 0 Å². The lowest BCUT2D eigenvalue weighted by molar-refractivity contribution is -0.136. The van der Waals surface area contributed by atoms with E-state index in [4.69, 9.17) is 4.74 Å². The minimum absolute atomic E-state index is 0.00360. The summed E-state index contributed by atoms with van der Waals surface area (Å²) in [6.45, 7) is 3.65. The maximum Gasteiger partial charge on any atom is 0.249 e. The van der Waals surface area contributed by atoms with Gasteiger partial charge in [-0.2, -0.15) is 0 Å². The van der Waals surface area contributed by atoms with Gasteiger partial charge in [0.2, 0.25) is 5.91 Å². The van der Waals surface area contributed by atoms with Crippen LogP contribution in [0.4, 0.5) is 0 Å². The van der Waals surface area contributed by atoms with E-state index in [2.05, 4.69) is 9.97 Å². The Morgan fingerprint density at radius 3 is 2.86 bits per heavy atom. The number of hydrogen-bond acceptors (Lipinski definition) is 4. The van der Waals surface area contributed by atoms with Gasteiger partial charge in [0.05, 0.1) is 12.2 Å². The summed E-state index contributed by atoms with van der Waals surface area (Å²) in [4.78, 5) is 22.7. The average molecular weight is 283 g/mol. The summed E-state index contributed by atoms with van der Waals surface area (Å²) in [5, 5.41) is 0. The number of nitrogens with zero attached hydrogens (tertiary/aromatic N) is 3. The van der Waals surface area contributed by atoms with Gasteiger partial charge in [-0.05, 0) is 6.92 Å². The summed E-state index contributed by atoms with van der Waals surface area (Å²) in [6.07, 6.45) is 1.82. The molecule has 0 unspecified atom stereocenters. The molecule has 0 radical (unpaired) electrons. The Morgan fingerprint density at radius 2 is 2.10 bits per heavy atom. The van der Waals surface area contributed by atoms with Crippen LogP contribution in [-0.4, -0.2) is 34.0 Å². The molecule has 5 heteroatoms. The second kappa shape index (κ2) is 6.01. The van der Waals surface area contributed by atoms with Crippen LogP contribution in [0.15, 0.2) is 36.5 Å². The highest BCUT2D eigenvalue weighted by molar-refractivity contribution is 5.78. The molecule has 0 bridgehead atoms. The standard InChI is InChI=1S/C16H17N3O2/c1-2-21-11-15(20)19-9-13-8-17-16(18-14(13)10-19)12-6-4-3-5-7-12/h3-8H,2,9-11H2,1H3. The van der Waals surface area contributed by atoms with Crippen LogP contribution in [0.5, 0.6) is 0 Å². The van der Waals surface area contributed by atoms with E-state index >= 15 is 0 Å². The quantitative estimate of drug-likeness (QED) is 0.861. The molecule has 0 saturated carbocycles. The third kappa shape index (κ3) is 2.92. The van der Waals surface area contributed by atoms with E-state index in [0.717, 1.165) is 16.8 Å². The van der Waals surface area contributed by atoms with Crippen molar-refractivity contribution in [2.75, 3.05) is 13.2 Å². The Bertz CT molecular complexity index is 643. The normalized spacial score (nSPS) is 13.3. The van der Waals surface area contributed by atoms with Gasteiger partial charge in [0.15, 0.2) is 5.82 Å². The first-order valence-electron chi connectivity index (χ1n) is 7.03. The molecule has 0 aliphatic carbocycles. The lowest BCUT2D eigenvalue weighted by Crippen LogP contribution is -2.29. The summed E-state index contributed by atoms with van der Waals surface area (Å²) >= 11 is 0. The zero-order valence-electron chi connectivity index (χ0n) is 12.0. The van der Waals surface area contributed by atoms with Crippen molar-refractivity contribution < 1.29 is 9.53 Å². The van der Waals surface area contributed by atoms with E-state index in [-0.39, 0.29) is 12.5 Å². The SMILES string of the molecule is CCOCC(=O)N1Cc2cnc(-c3ccccc3)nc2C1. The number of hydrogen-bond donors (Lipinski definition) is 0. The molecule has 2 aromatic rings. The van der Waals surface area contributed by atoms with Gasteiger partial charge < -0.3 is 9.64 Å². The number of amides is 1. The van der Waals surface area contributed by atoms with E-state index in [1.165, 1.54) is 0 Å². The molecule has 0 atom stereocenters. The number of rotatable bonds is 4. The highest BCUT2D eigenvalue weighted by Crippen LogP contribution is 2.23. The first kappa shape index (κ1) is 13.7. The number of carbonyl (C=O) groups is 1. The lowest BCUT2D eigenvalue weighted by atomic mass is 10.2. The monoisotopic (exact) mass is 283 g/mol. The highest BCUT2D eigenvalue weighted by Gasteiger charge is 2.25. The van der Waals surface area contributed by atoms with Crippen molar-refractivity contribution in [2.24, 2.45) is 0 Å². The van der Waals surface area contributed by atoms with Crippen molar-refractivity contribution in [1.29, 1.82) is 0 Å². The lowest BCUT2D eigenvalue weighted by Gasteiger charge is -2.14. The van der Waals surface area contributed by atoms with Crippen molar-refractivity contribution >= 4 is 5.91 Å². The minimum atomic E-state index is -0.00360. The molecule has 108 valence electrons. The molecule has 1 aromatic carbocycles. The van der Waals surface area contributed by atoms with Gasteiger partial charge in [-0.25, -0.2) is 9.97 Å². The van der Waals surface area contributed by atoms with Crippen LogP contribution in [-0.2, 0) is 22.6 Å². The Balaban J connectivity index is 1.77. The smallest absolute Gasteiger partial charge is 0.249 e. The topological polar surface area (TPSA) is 55.3 Å². The molecule has 1 aliphatic rings. The molecular weight excluding hydrogens is 266 g/mol.